The van der Waals surface area contributed by atoms with Gasteiger partial charge in [0, 0.05) is 19.8 Å². The van der Waals surface area contributed by atoms with Crippen LogP contribution in [0.3, 0.4) is 0 Å². The first-order chi connectivity index (χ1) is 9.69. The Labute approximate surface area is 116 Å². The molecule has 0 aliphatic rings. The number of rotatable bonds is 4. The van der Waals surface area contributed by atoms with Crippen molar-refractivity contribution in [3.05, 3.63) is 42.2 Å². The Balaban J connectivity index is 2.35. The topological polar surface area (TPSA) is 83.6 Å². The van der Waals surface area contributed by atoms with Crippen LogP contribution in [0.25, 0.3) is 0 Å². The molecule has 104 valence electrons. The number of carbonyl (C=O) groups is 1. The number of imidazole rings is 1. The highest BCUT2D eigenvalue weighted by Gasteiger charge is 2.20. The molecule has 0 unspecified atom stereocenters. The molecule has 0 saturated heterocycles. The van der Waals surface area contributed by atoms with E-state index in [0.717, 1.165) is 5.69 Å². The predicted molar refractivity (Wildman–Crippen MR) is 74.2 cm³/mol. The second-order valence-electron chi connectivity index (χ2n) is 4.07. The van der Waals surface area contributed by atoms with Gasteiger partial charge < -0.3 is 14.7 Å². The van der Waals surface area contributed by atoms with E-state index in [-0.39, 0.29) is 5.91 Å². The maximum Gasteiger partial charge on any atom is 0.276 e. The summed E-state index contributed by atoms with van der Waals surface area (Å²) >= 11 is 0. The van der Waals surface area contributed by atoms with Gasteiger partial charge in [0.25, 0.3) is 5.91 Å². The van der Waals surface area contributed by atoms with Crippen molar-refractivity contribution in [3.8, 4) is 0 Å². The maximum atomic E-state index is 12.5. The van der Waals surface area contributed by atoms with Gasteiger partial charge in [-0.3, -0.25) is 9.78 Å². The highest BCUT2D eigenvalue weighted by Crippen LogP contribution is 2.15. The van der Waals surface area contributed by atoms with Gasteiger partial charge in [0.1, 0.15) is 11.9 Å². The quantitative estimate of drug-likeness (QED) is 0.517. The average Bonchev–Trinajstić information content (AvgIpc) is 2.83. The molecule has 7 nitrogen and oxygen atoms in total. The number of hydrogen-bond donors (Lipinski definition) is 1. The van der Waals surface area contributed by atoms with Crippen LogP contribution in [0.15, 0.2) is 35.9 Å². The number of hydrogen-bond acceptors (Lipinski definition) is 5. The minimum atomic E-state index is -0.187. The summed E-state index contributed by atoms with van der Waals surface area (Å²) in [5.74, 6) is 0.214. The fourth-order valence-corrected chi connectivity index (χ4v) is 1.89. The summed E-state index contributed by atoms with van der Waals surface area (Å²) in [6, 6.07) is 3.60. The molecule has 2 aromatic rings. The molecular weight excluding hydrogens is 258 g/mol. The lowest BCUT2D eigenvalue weighted by Crippen LogP contribution is -2.32. The van der Waals surface area contributed by atoms with Gasteiger partial charge in [0.05, 0.1) is 18.1 Å². The summed E-state index contributed by atoms with van der Waals surface area (Å²) < 4.78 is 1.57. The highest BCUT2D eigenvalue weighted by molar-refractivity contribution is 6.05. The summed E-state index contributed by atoms with van der Waals surface area (Å²) in [6.45, 7) is 2.40. The first-order valence-electron chi connectivity index (χ1n) is 6.10. The van der Waals surface area contributed by atoms with Gasteiger partial charge in [0.15, 0.2) is 5.82 Å². The fraction of sp³-hybridized carbons (Fsp3) is 0.231. The smallest absolute Gasteiger partial charge is 0.276 e. The van der Waals surface area contributed by atoms with E-state index in [4.69, 9.17) is 5.21 Å². The van der Waals surface area contributed by atoms with Crippen LogP contribution in [0.2, 0.25) is 0 Å². The Morgan fingerprint density at radius 3 is 2.95 bits per heavy atom. The Bertz CT molecular complexity index is 621. The van der Waals surface area contributed by atoms with Crippen LogP contribution < -0.4 is 4.90 Å². The summed E-state index contributed by atoms with van der Waals surface area (Å²) in [7, 11) is 1.69. The summed E-state index contributed by atoms with van der Waals surface area (Å²) in [6.07, 6.45) is 5.92. The maximum absolute atomic E-state index is 12.5. The minimum Gasteiger partial charge on any atom is -0.411 e. The number of nitrogens with zero attached hydrogens (tertiary/aromatic N) is 5. The molecule has 2 rings (SSSR count). The third-order valence-corrected chi connectivity index (χ3v) is 2.94. The van der Waals surface area contributed by atoms with Crippen LogP contribution in [-0.2, 0) is 7.05 Å². The Morgan fingerprint density at radius 2 is 2.35 bits per heavy atom. The third-order valence-electron chi connectivity index (χ3n) is 2.94. The Kier molecular flexibility index (Phi) is 4.09. The van der Waals surface area contributed by atoms with E-state index in [2.05, 4.69) is 15.1 Å². The molecule has 0 aliphatic carbocycles. The zero-order chi connectivity index (χ0) is 14.5. The van der Waals surface area contributed by atoms with Crippen molar-refractivity contribution < 1.29 is 10.0 Å². The second-order valence-corrected chi connectivity index (χ2v) is 4.07. The zero-order valence-corrected chi connectivity index (χ0v) is 11.3. The van der Waals surface area contributed by atoms with E-state index in [9.17, 15) is 4.79 Å². The molecule has 0 aromatic carbocycles. The predicted octanol–water partition coefficient (Wildman–Crippen LogP) is 1.29. The van der Waals surface area contributed by atoms with Gasteiger partial charge in [-0.1, -0.05) is 5.16 Å². The van der Waals surface area contributed by atoms with Crippen molar-refractivity contribution in [1.29, 1.82) is 0 Å². The molecule has 2 heterocycles. The zero-order valence-electron chi connectivity index (χ0n) is 11.3. The van der Waals surface area contributed by atoms with E-state index >= 15 is 0 Å². The van der Waals surface area contributed by atoms with Gasteiger partial charge in [-0.05, 0) is 19.1 Å². The lowest BCUT2D eigenvalue weighted by Gasteiger charge is -2.20. The van der Waals surface area contributed by atoms with Crippen LogP contribution in [0.4, 0.5) is 5.69 Å². The molecule has 0 bridgehead atoms. The molecule has 1 amide bonds. The van der Waals surface area contributed by atoms with Crippen LogP contribution in [-0.4, -0.2) is 38.4 Å². The Hall–Kier alpha value is -2.70. The first kappa shape index (κ1) is 13.7. The number of pyridine rings is 1. The normalized spacial score (nSPS) is 10.9. The van der Waals surface area contributed by atoms with Crippen LogP contribution in [0.1, 0.15) is 23.2 Å². The monoisotopic (exact) mass is 273 g/mol. The average molecular weight is 273 g/mol. The molecule has 0 saturated carbocycles. The van der Waals surface area contributed by atoms with Gasteiger partial charge in [0.2, 0.25) is 0 Å². The van der Waals surface area contributed by atoms with E-state index in [1.807, 2.05) is 13.0 Å². The van der Waals surface area contributed by atoms with Crippen molar-refractivity contribution >= 4 is 17.8 Å². The summed E-state index contributed by atoms with van der Waals surface area (Å²) in [5.41, 5.74) is 1.13. The molecule has 1 N–H and O–H groups in total. The lowest BCUT2D eigenvalue weighted by atomic mass is 10.3. The SMILES string of the molecule is CCN(C(=O)c1cnc(/C=N/O)n1C)c1cccnc1. The number of amides is 1. The molecule has 0 spiro atoms. The molecule has 0 aliphatic heterocycles. The third kappa shape index (κ3) is 2.51. The van der Waals surface area contributed by atoms with Crippen LogP contribution in [0.5, 0.6) is 0 Å². The van der Waals surface area contributed by atoms with Crippen molar-refractivity contribution in [1.82, 2.24) is 14.5 Å². The van der Waals surface area contributed by atoms with Crippen molar-refractivity contribution in [3.63, 3.8) is 0 Å². The van der Waals surface area contributed by atoms with E-state index in [1.54, 1.807) is 35.0 Å². The minimum absolute atomic E-state index is 0.187. The van der Waals surface area contributed by atoms with Gasteiger partial charge >= 0.3 is 0 Å². The molecular formula is C13H15N5O2. The van der Waals surface area contributed by atoms with Crippen molar-refractivity contribution in [2.24, 2.45) is 12.2 Å². The van der Waals surface area contributed by atoms with Crippen LogP contribution >= 0.6 is 0 Å². The first-order valence-corrected chi connectivity index (χ1v) is 6.10. The summed E-state index contributed by atoms with van der Waals surface area (Å²) in [4.78, 5) is 22.2. The number of oxime groups is 1. The standard InChI is InChI=1S/C13H15N5O2/c1-3-18(10-5-4-6-14-7-10)13(19)11-8-15-12(9-16-20)17(11)2/h4-9,20H,3H2,1-2H3/b16-9+. The molecule has 20 heavy (non-hydrogen) atoms. The molecule has 7 heteroatoms. The highest BCUT2D eigenvalue weighted by atomic mass is 16.4. The van der Waals surface area contributed by atoms with Gasteiger partial charge in [-0.2, -0.15) is 0 Å². The number of anilines is 1. The van der Waals surface area contributed by atoms with Crippen molar-refractivity contribution in [2.75, 3.05) is 11.4 Å². The fourth-order valence-electron chi connectivity index (χ4n) is 1.89. The summed E-state index contributed by atoms with van der Waals surface area (Å²) in [5, 5.41) is 11.5. The molecule has 0 radical (unpaired) electrons. The lowest BCUT2D eigenvalue weighted by molar-refractivity contribution is 0.0980. The van der Waals surface area contributed by atoms with Gasteiger partial charge in [-0.25, -0.2) is 4.98 Å². The number of aromatic nitrogens is 3. The molecule has 0 atom stereocenters. The second kappa shape index (κ2) is 5.96. The Morgan fingerprint density at radius 1 is 1.55 bits per heavy atom. The van der Waals surface area contributed by atoms with Crippen molar-refractivity contribution in [2.45, 2.75) is 6.92 Å². The molecule has 2 aromatic heterocycles. The van der Waals surface area contributed by atoms with E-state index in [1.165, 1.54) is 12.4 Å². The van der Waals surface area contributed by atoms with Gasteiger partial charge in [-0.15, -0.1) is 0 Å². The molecule has 0 fully saturated rings. The van der Waals surface area contributed by atoms with Crippen LogP contribution in [0, 0.1) is 0 Å². The van der Waals surface area contributed by atoms with E-state index < -0.39 is 0 Å². The largest absolute Gasteiger partial charge is 0.411 e. The number of carbonyl (C=O) groups excluding carboxylic acids is 1. The van der Waals surface area contributed by atoms with E-state index in [0.29, 0.717) is 18.1 Å².